The van der Waals surface area contributed by atoms with Crippen LogP contribution < -0.4 is 4.74 Å². The van der Waals surface area contributed by atoms with Gasteiger partial charge < -0.3 is 14.4 Å². The zero-order chi connectivity index (χ0) is 17.1. The number of rotatable bonds is 6. The van der Waals surface area contributed by atoms with Gasteiger partial charge in [0.1, 0.15) is 11.9 Å². The van der Waals surface area contributed by atoms with Crippen molar-refractivity contribution in [2.24, 2.45) is 0 Å². The fraction of sp³-hybridized carbons (Fsp3) is 0.235. The molecule has 0 aliphatic rings. The Bertz CT molecular complexity index is 868. The molecule has 6 nitrogen and oxygen atoms in total. The van der Waals surface area contributed by atoms with Gasteiger partial charge in [0.25, 0.3) is 0 Å². The lowest BCUT2D eigenvalue weighted by atomic mass is 10.1. The lowest BCUT2D eigenvalue weighted by molar-refractivity contribution is -0.136. The van der Waals surface area contributed by atoms with Crippen LogP contribution in [0.25, 0.3) is 11.0 Å². The van der Waals surface area contributed by atoms with Gasteiger partial charge in [0.15, 0.2) is 5.58 Å². The van der Waals surface area contributed by atoms with Crippen LogP contribution in [0.5, 0.6) is 5.75 Å². The Balaban J connectivity index is 0.00000225. The predicted octanol–water partition coefficient (Wildman–Crippen LogP) is 4.46. The van der Waals surface area contributed by atoms with Crippen LogP contribution in [0.3, 0.4) is 0 Å². The summed E-state index contributed by atoms with van der Waals surface area (Å²) in [5.41, 5.74) is 1.86. The fourth-order valence-corrected chi connectivity index (χ4v) is 2.56. The number of halogens is 2. The van der Waals surface area contributed by atoms with Gasteiger partial charge in [-0.2, -0.15) is 0 Å². The number of hydrogen-bond donors (Lipinski definition) is 1. The van der Waals surface area contributed by atoms with Crippen LogP contribution in [0.2, 0.25) is 5.02 Å². The highest BCUT2D eigenvalue weighted by molar-refractivity contribution is 6.32. The van der Waals surface area contributed by atoms with Gasteiger partial charge in [-0.1, -0.05) is 22.8 Å². The number of pyridine rings is 1. The summed E-state index contributed by atoms with van der Waals surface area (Å²) in [5, 5.41) is 13.8. The van der Waals surface area contributed by atoms with Crippen LogP contribution >= 0.6 is 24.0 Å². The highest BCUT2D eigenvalue weighted by Gasteiger charge is 2.16. The first kappa shape index (κ1) is 19.0. The van der Waals surface area contributed by atoms with E-state index in [1.54, 1.807) is 18.3 Å². The third-order valence-electron chi connectivity index (χ3n) is 3.58. The first-order valence-corrected chi connectivity index (χ1v) is 7.79. The summed E-state index contributed by atoms with van der Waals surface area (Å²) < 4.78 is 11.1. The van der Waals surface area contributed by atoms with Crippen molar-refractivity contribution in [2.75, 3.05) is 0 Å². The molecule has 132 valence electrons. The molecule has 0 saturated heterocycles. The Morgan fingerprint density at radius 2 is 2.20 bits per heavy atom. The number of aliphatic carboxylic acids is 1. The minimum Gasteiger partial charge on any atom is -0.483 e. The molecule has 0 radical (unpaired) electrons. The monoisotopic (exact) mass is 382 g/mol. The molecule has 3 rings (SSSR count). The van der Waals surface area contributed by atoms with Gasteiger partial charge in [-0.05, 0) is 25.1 Å². The number of carboxylic acids is 1. The van der Waals surface area contributed by atoms with Gasteiger partial charge >= 0.3 is 5.97 Å². The average Bonchev–Trinajstić information content (AvgIpc) is 2.96. The number of nitrogens with zero attached hydrogens (tertiary/aromatic N) is 2. The van der Waals surface area contributed by atoms with Crippen molar-refractivity contribution in [3.8, 4) is 5.75 Å². The number of aryl methyl sites for hydroxylation is 1. The number of aromatic nitrogens is 2. The predicted molar refractivity (Wildman–Crippen MR) is 95.5 cm³/mol. The summed E-state index contributed by atoms with van der Waals surface area (Å²) in [5.74, 6) is -0.426. The number of ether oxygens (including phenoxy) is 1. The van der Waals surface area contributed by atoms with E-state index in [1.807, 2.05) is 25.1 Å². The second-order valence-electron chi connectivity index (χ2n) is 5.32. The summed E-state index contributed by atoms with van der Waals surface area (Å²) in [6, 6.07) is 8.94. The molecule has 0 fully saturated rings. The maximum atomic E-state index is 10.7. The molecule has 0 unspecified atom stereocenters. The van der Waals surface area contributed by atoms with E-state index in [0.29, 0.717) is 27.4 Å². The molecule has 0 saturated carbocycles. The largest absolute Gasteiger partial charge is 0.483 e. The molecule has 1 N–H and O–H groups in total. The molecule has 0 aliphatic carbocycles. The summed E-state index contributed by atoms with van der Waals surface area (Å²) in [4.78, 5) is 14.9. The third-order valence-corrected chi connectivity index (χ3v) is 3.88. The third kappa shape index (κ3) is 4.41. The summed E-state index contributed by atoms with van der Waals surface area (Å²) in [6.07, 6.45) is 1.68. The normalized spacial score (nSPS) is 11.8. The molecule has 2 heterocycles. The van der Waals surface area contributed by atoms with Gasteiger partial charge in [0, 0.05) is 24.1 Å². The Morgan fingerprint density at radius 1 is 1.40 bits per heavy atom. The highest BCUT2D eigenvalue weighted by Crippen LogP contribution is 2.34. The minimum absolute atomic E-state index is 0. The van der Waals surface area contributed by atoms with Gasteiger partial charge in [-0.3, -0.25) is 9.78 Å². The lowest BCUT2D eigenvalue weighted by Gasteiger charge is -2.15. The van der Waals surface area contributed by atoms with E-state index in [4.69, 9.17) is 26.0 Å². The lowest BCUT2D eigenvalue weighted by Crippen LogP contribution is -2.05. The van der Waals surface area contributed by atoms with Crippen molar-refractivity contribution in [1.82, 2.24) is 10.1 Å². The first-order chi connectivity index (χ1) is 11.5. The van der Waals surface area contributed by atoms with Gasteiger partial charge in [-0.25, -0.2) is 0 Å². The van der Waals surface area contributed by atoms with Crippen LogP contribution in [0, 0.1) is 0 Å². The first-order valence-electron chi connectivity index (χ1n) is 7.42. The molecule has 0 amide bonds. The number of carbonyl (C=O) groups is 1. The molecule has 1 atom stereocenters. The number of fused-ring (bicyclic) bond motifs is 1. The standard InChI is InChI=1S/C17H15ClN2O4.ClH/c1-10(13-4-2-3-7-19-13)23-16-9-15-11(8-12(16)18)14(20-24-15)5-6-17(21)22;/h2-4,7-10H,5-6H2,1H3,(H,21,22);1H/t10-;/m1./s1. The second kappa shape index (κ2) is 8.18. The van der Waals surface area contributed by atoms with Crippen molar-refractivity contribution in [3.63, 3.8) is 0 Å². The van der Waals surface area contributed by atoms with Gasteiger partial charge in [0.2, 0.25) is 0 Å². The van der Waals surface area contributed by atoms with Gasteiger partial charge in [-0.15, -0.1) is 12.4 Å². The van der Waals surface area contributed by atoms with Crippen molar-refractivity contribution < 1.29 is 19.2 Å². The number of benzene rings is 1. The molecule has 1 aromatic carbocycles. The maximum Gasteiger partial charge on any atom is 0.303 e. The average molecular weight is 383 g/mol. The van der Waals surface area contributed by atoms with Crippen LogP contribution in [0.15, 0.2) is 41.1 Å². The molecule has 0 aliphatic heterocycles. The van der Waals surface area contributed by atoms with Gasteiger partial charge in [0.05, 0.1) is 22.8 Å². The van der Waals surface area contributed by atoms with E-state index in [9.17, 15) is 4.79 Å². The van der Waals surface area contributed by atoms with E-state index < -0.39 is 5.97 Å². The SMILES string of the molecule is C[C@@H](Oc1cc2onc(CCC(=O)O)c2cc1Cl)c1ccccn1.Cl. The Morgan fingerprint density at radius 3 is 2.88 bits per heavy atom. The van der Waals surface area contributed by atoms with Crippen LogP contribution in [-0.2, 0) is 11.2 Å². The van der Waals surface area contributed by atoms with E-state index in [1.165, 1.54) is 0 Å². The Kier molecular flexibility index (Phi) is 6.22. The number of hydrogen-bond acceptors (Lipinski definition) is 5. The molecule has 8 heteroatoms. The van der Waals surface area contributed by atoms with Crippen molar-refractivity contribution in [3.05, 3.63) is 52.9 Å². The van der Waals surface area contributed by atoms with E-state index in [-0.39, 0.29) is 31.4 Å². The van der Waals surface area contributed by atoms with Crippen molar-refractivity contribution in [2.45, 2.75) is 25.9 Å². The van der Waals surface area contributed by atoms with Crippen LogP contribution in [0.1, 0.15) is 30.8 Å². The molecule has 0 spiro atoms. The summed E-state index contributed by atoms with van der Waals surface area (Å²) in [7, 11) is 0. The number of carboxylic acid groups (broad SMARTS) is 1. The smallest absolute Gasteiger partial charge is 0.303 e. The van der Waals surface area contributed by atoms with Crippen molar-refractivity contribution in [1.29, 1.82) is 0 Å². The fourth-order valence-electron chi connectivity index (χ4n) is 2.35. The second-order valence-corrected chi connectivity index (χ2v) is 5.72. The van der Waals surface area contributed by atoms with E-state index in [0.717, 1.165) is 5.69 Å². The zero-order valence-corrected chi connectivity index (χ0v) is 14.9. The van der Waals surface area contributed by atoms with E-state index in [2.05, 4.69) is 10.1 Å². The topological polar surface area (TPSA) is 85.5 Å². The Labute approximate surface area is 155 Å². The summed E-state index contributed by atoms with van der Waals surface area (Å²) >= 11 is 6.30. The molecule has 3 aromatic rings. The molecule has 0 bridgehead atoms. The van der Waals surface area contributed by atoms with Crippen LogP contribution in [-0.4, -0.2) is 21.2 Å². The molecule has 25 heavy (non-hydrogen) atoms. The quantitative estimate of drug-likeness (QED) is 0.677. The molecular formula is C17H16Cl2N2O4. The molecular weight excluding hydrogens is 367 g/mol. The van der Waals surface area contributed by atoms with Crippen molar-refractivity contribution >= 4 is 40.9 Å². The molecule has 2 aromatic heterocycles. The van der Waals surface area contributed by atoms with E-state index >= 15 is 0 Å². The highest BCUT2D eigenvalue weighted by atomic mass is 35.5. The van der Waals surface area contributed by atoms with Crippen LogP contribution in [0.4, 0.5) is 0 Å². The zero-order valence-electron chi connectivity index (χ0n) is 13.3. The maximum absolute atomic E-state index is 10.7. The minimum atomic E-state index is -0.888. The Hall–Kier alpha value is -2.31. The summed E-state index contributed by atoms with van der Waals surface area (Å²) in [6.45, 7) is 1.88.